The smallest absolute Gasteiger partial charge is 0.413 e. The van der Waals surface area contributed by atoms with Crippen LogP contribution in [0.25, 0.3) is 11.0 Å². The molecule has 0 saturated carbocycles. The number of ether oxygens (including phenoxy) is 1. The number of nitrogens with one attached hydrogen (secondary N) is 1. The summed E-state index contributed by atoms with van der Waals surface area (Å²) >= 11 is 5.90. The molecule has 1 amide bonds. The molecular weight excluding hydrogens is 298 g/mol. The number of amides is 1. The van der Waals surface area contributed by atoms with E-state index in [0.717, 1.165) is 10.2 Å². The van der Waals surface area contributed by atoms with E-state index in [1.807, 2.05) is 0 Å². The molecule has 0 aliphatic heterocycles. The molecule has 8 nitrogen and oxygen atoms in total. The zero-order valence-electron chi connectivity index (χ0n) is 9.49. The maximum Gasteiger partial charge on any atom is 0.413 e. The van der Waals surface area contributed by atoms with Gasteiger partial charge in [0.25, 0.3) is 10.1 Å². The van der Waals surface area contributed by atoms with Gasteiger partial charge < -0.3 is 4.74 Å². The van der Waals surface area contributed by atoms with Crippen LogP contribution >= 0.6 is 11.8 Å². The molecule has 2 N–H and O–H groups in total. The summed E-state index contributed by atoms with van der Waals surface area (Å²) in [6, 6.07) is 3.65. The van der Waals surface area contributed by atoms with Crippen LogP contribution in [0, 0.1) is 0 Å². The van der Waals surface area contributed by atoms with Crippen LogP contribution in [0.2, 0.25) is 0 Å². The van der Waals surface area contributed by atoms with E-state index in [1.165, 1.54) is 19.2 Å². The van der Waals surface area contributed by atoms with E-state index in [2.05, 4.69) is 15.0 Å². The Hall–Kier alpha value is -1.84. The molecule has 1 aromatic carbocycles. The SMILES string of the molecule is COC(=O)Nc1nc2cc(S(=O)(=O)O)ccc2n1Cl. The average molecular weight is 306 g/mol. The fraction of sp³-hybridized carbons (Fsp3) is 0.111. The zero-order valence-corrected chi connectivity index (χ0v) is 11.1. The Morgan fingerprint density at radius 2 is 2.21 bits per heavy atom. The normalized spacial score (nSPS) is 11.5. The first-order valence-corrected chi connectivity index (χ1v) is 6.62. The Morgan fingerprint density at radius 3 is 2.79 bits per heavy atom. The Balaban J connectivity index is 2.54. The van der Waals surface area contributed by atoms with Gasteiger partial charge in [0.05, 0.1) is 23.0 Å². The summed E-state index contributed by atoms with van der Waals surface area (Å²) in [5, 5.41) is 2.25. The van der Waals surface area contributed by atoms with Crippen LogP contribution in [0.15, 0.2) is 23.1 Å². The lowest BCUT2D eigenvalue weighted by Crippen LogP contribution is -2.13. The molecule has 1 heterocycles. The number of hydrogen-bond donors (Lipinski definition) is 2. The van der Waals surface area contributed by atoms with Crippen molar-refractivity contribution in [1.29, 1.82) is 0 Å². The maximum absolute atomic E-state index is 11.1. The van der Waals surface area contributed by atoms with Gasteiger partial charge in [0, 0.05) is 11.8 Å². The lowest BCUT2D eigenvalue weighted by Gasteiger charge is -2.00. The fourth-order valence-electron chi connectivity index (χ4n) is 1.41. The number of aromatic nitrogens is 2. The number of halogens is 1. The lowest BCUT2D eigenvalue weighted by atomic mass is 10.3. The number of carbonyl (C=O) groups is 1. The van der Waals surface area contributed by atoms with Crippen molar-refractivity contribution >= 4 is 45.0 Å². The molecule has 19 heavy (non-hydrogen) atoms. The topological polar surface area (TPSA) is 111 Å². The molecule has 2 aromatic rings. The van der Waals surface area contributed by atoms with Gasteiger partial charge in [0.1, 0.15) is 0 Å². The lowest BCUT2D eigenvalue weighted by molar-refractivity contribution is 0.186. The van der Waals surface area contributed by atoms with Crippen LogP contribution in [0.3, 0.4) is 0 Å². The highest BCUT2D eigenvalue weighted by Crippen LogP contribution is 2.23. The molecule has 10 heteroatoms. The summed E-state index contributed by atoms with van der Waals surface area (Å²) < 4.78 is 36.3. The minimum absolute atomic E-state index is 0.0315. The highest BCUT2D eigenvalue weighted by molar-refractivity contribution is 7.85. The van der Waals surface area contributed by atoms with E-state index in [4.69, 9.17) is 16.3 Å². The quantitative estimate of drug-likeness (QED) is 0.813. The molecule has 0 saturated heterocycles. The molecule has 102 valence electrons. The molecule has 2 rings (SSSR count). The van der Waals surface area contributed by atoms with Crippen molar-refractivity contribution in [3.05, 3.63) is 18.2 Å². The third-order valence-electron chi connectivity index (χ3n) is 2.27. The second-order valence-corrected chi connectivity index (χ2v) is 5.22. The van der Waals surface area contributed by atoms with E-state index in [-0.39, 0.29) is 16.4 Å². The van der Waals surface area contributed by atoms with Crippen LogP contribution in [0.5, 0.6) is 0 Å². The Labute approximate surface area is 112 Å². The van der Waals surface area contributed by atoms with E-state index >= 15 is 0 Å². The highest BCUT2D eigenvalue weighted by atomic mass is 35.5. The summed E-state index contributed by atoms with van der Waals surface area (Å²) in [6.45, 7) is 0. The van der Waals surface area contributed by atoms with E-state index in [9.17, 15) is 13.2 Å². The minimum Gasteiger partial charge on any atom is -0.453 e. The van der Waals surface area contributed by atoms with Gasteiger partial charge in [0.2, 0.25) is 5.95 Å². The van der Waals surface area contributed by atoms with Gasteiger partial charge in [-0.2, -0.15) is 8.42 Å². The van der Waals surface area contributed by atoms with Crippen LogP contribution in [0.4, 0.5) is 10.7 Å². The monoisotopic (exact) mass is 305 g/mol. The molecule has 0 spiro atoms. The van der Waals surface area contributed by atoms with Crippen molar-refractivity contribution in [3.63, 3.8) is 0 Å². The van der Waals surface area contributed by atoms with Crippen LogP contribution in [0.1, 0.15) is 0 Å². The van der Waals surface area contributed by atoms with Gasteiger partial charge in [0.15, 0.2) is 0 Å². The summed E-state index contributed by atoms with van der Waals surface area (Å²) in [5.74, 6) is -0.0315. The molecule has 0 bridgehead atoms. The highest BCUT2D eigenvalue weighted by Gasteiger charge is 2.16. The molecule has 0 fully saturated rings. The average Bonchev–Trinajstić information content (AvgIpc) is 2.64. The second-order valence-electron chi connectivity index (χ2n) is 3.46. The third-order valence-corrected chi connectivity index (χ3v) is 3.46. The molecule has 0 unspecified atom stereocenters. The second kappa shape index (κ2) is 4.68. The summed E-state index contributed by atoms with van der Waals surface area (Å²) in [5.41, 5.74) is 0.553. The predicted molar refractivity (Wildman–Crippen MR) is 66.8 cm³/mol. The number of imidazole rings is 1. The number of nitrogens with zero attached hydrogens (tertiary/aromatic N) is 2. The first kappa shape index (κ1) is 13.6. The predicted octanol–water partition coefficient (Wildman–Crippen LogP) is 1.46. The van der Waals surface area contributed by atoms with Crippen molar-refractivity contribution in [3.8, 4) is 0 Å². The van der Waals surface area contributed by atoms with Gasteiger partial charge in [-0.25, -0.2) is 13.9 Å². The fourth-order valence-corrected chi connectivity index (χ4v) is 2.13. The number of benzene rings is 1. The van der Waals surface area contributed by atoms with Gasteiger partial charge in [-0.3, -0.25) is 9.87 Å². The standard InChI is InChI=1S/C9H8ClN3O5S/c1-18-9(14)12-8-11-6-4-5(19(15,16)17)2-3-7(6)13(8)10/h2-4H,1H3,(H,11,12,14)(H,15,16,17). The first-order valence-electron chi connectivity index (χ1n) is 4.84. The van der Waals surface area contributed by atoms with Crippen LogP contribution < -0.4 is 5.32 Å². The number of fused-ring (bicyclic) bond motifs is 1. The summed E-state index contributed by atoms with van der Waals surface area (Å²) in [6.07, 6.45) is -0.771. The van der Waals surface area contributed by atoms with Crippen molar-refractivity contribution in [1.82, 2.24) is 9.07 Å². The molecule has 0 aliphatic carbocycles. The number of hydrogen-bond acceptors (Lipinski definition) is 5. The molecule has 1 aromatic heterocycles. The summed E-state index contributed by atoms with van der Waals surface area (Å²) in [7, 11) is -3.16. The van der Waals surface area contributed by atoms with Gasteiger partial charge in [-0.05, 0) is 18.2 Å². The Kier molecular flexibility index (Phi) is 3.35. The third kappa shape index (κ3) is 2.62. The van der Waals surface area contributed by atoms with Gasteiger partial charge >= 0.3 is 6.09 Å². The number of rotatable bonds is 2. The van der Waals surface area contributed by atoms with Crippen LogP contribution in [-0.2, 0) is 14.9 Å². The number of carbonyl (C=O) groups excluding carboxylic acids is 1. The van der Waals surface area contributed by atoms with E-state index in [0.29, 0.717) is 5.52 Å². The largest absolute Gasteiger partial charge is 0.453 e. The van der Waals surface area contributed by atoms with Crippen molar-refractivity contribution in [2.75, 3.05) is 12.4 Å². The molecule has 0 aliphatic rings. The van der Waals surface area contributed by atoms with Crippen molar-refractivity contribution in [2.45, 2.75) is 4.90 Å². The van der Waals surface area contributed by atoms with Crippen molar-refractivity contribution in [2.24, 2.45) is 0 Å². The molecule has 0 radical (unpaired) electrons. The van der Waals surface area contributed by atoms with E-state index < -0.39 is 16.2 Å². The molecular formula is C9H8ClN3O5S. The van der Waals surface area contributed by atoms with E-state index in [1.54, 1.807) is 0 Å². The maximum atomic E-state index is 11.1. The van der Waals surface area contributed by atoms with Gasteiger partial charge in [-0.1, -0.05) is 0 Å². The van der Waals surface area contributed by atoms with Crippen molar-refractivity contribution < 1.29 is 22.5 Å². The van der Waals surface area contributed by atoms with Crippen LogP contribution in [-0.4, -0.2) is 35.2 Å². The molecule has 0 atom stereocenters. The minimum atomic E-state index is -4.33. The zero-order chi connectivity index (χ0) is 14.2. The number of anilines is 1. The first-order chi connectivity index (χ1) is 8.82. The number of methoxy groups -OCH3 is 1. The van der Waals surface area contributed by atoms with Gasteiger partial charge in [-0.15, -0.1) is 0 Å². The summed E-state index contributed by atoms with van der Waals surface area (Å²) in [4.78, 5) is 14.7. The Bertz CT molecular complexity index is 755. The Morgan fingerprint density at radius 1 is 1.53 bits per heavy atom.